The maximum Gasteiger partial charge on any atom is 0.0650 e. The second-order valence-corrected chi connectivity index (χ2v) is 4.61. The van der Waals surface area contributed by atoms with Gasteiger partial charge in [-0.25, -0.2) is 0 Å². The summed E-state index contributed by atoms with van der Waals surface area (Å²) in [5.41, 5.74) is 4.41. The zero-order chi connectivity index (χ0) is 13.8. The molecule has 0 aliphatic heterocycles. The van der Waals surface area contributed by atoms with Crippen LogP contribution in [0, 0.1) is 0 Å². The molecule has 0 radical (unpaired) electrons. The monoisotopic (exact) mass is 267 g/mol. The van der Waals surface area contributed by atoms with E-state index in [1.807, 2.05) is 23.0 Å². The molecule has 5 heteroatoms. The summed E-state index contributed by atoms with van der Waals surface area (Å²) in [6, 6.07) is 10.2. The van der Waals surface area contributed by atoms with E-state index in [9.17, 15) is 0 Å². The van der Waals surface area contributed by atoms with Gasteiger partial charge in [0.1, 0.15) is 0 Å². The molecule has 5 nitrogen and oxygen atoms in total. The third-order valence-corrected chi connectivity index (χ3v) is 3.18. The number of nitrogens with zero attached hydrogens (tertiary/aromatic N) is 3. The fourth-order valence-corrected chi connectivity index (χ4v) is 2.09. The van der Waals surface area contributed by atoms with Crippen LogP contribution >= 0.6 is 0 Å². The predicted molar refractivity (Wildman–Crippen MR) is 79.3 cm³/mol. The first-order valence-electron chi connectivity index (χ1n) is 6.70. The zero-order valence-electron chi connectivity index (χ0n) is 11.4. The Labute approximate surface area is 117 Å². The highest BCUT2D eigenvalue weighted by atomic mass is 15.3. The fourth-order valence-electron chi connectivity index (χ4n) is 2.09. The average molecular weight is 267 g/mol. The summed E-state index contributed by atoms with van der Waals surface area (Å²) in [6.45, 7) is 3.75. The Morgan fingerprint density at radius 2 is 2.25 bits per heavy atom. The molecule has 0 fully saturated rings. The first-order chi connectivity index (χ1) is 9.85. The lowest BCUT2D eigenvalue weighted by molar-refractivity contribution is 0.659. The molecule has 0 bridgehead atoms. The second-order valence-electron chi connectivity index (χ2n) is 4.61. The van der Waals surface area contributed by atoms with Crippen molar-refractivity contribution in [1.29, 1.82) is 0 Å². The van der Waals surface area contributed by atoms with Gasteiger partial charge in [0.15, 0.2) is 0 Å². The Hall–Kier alpha value is -2.56. The molecule has 2 aromatic heterocycles. The van der Waals surface area contributed by atoms with Gasteiger partial charge in [-0.05, 0) is 25.1 Å². The molecule has 2 N–H and O–H groups in total. The molecule has 0 amide bonds. The van der Waals surface area contributed by atoms with Crippen LogP contribution in [0.3, 0.4) is 0 Å². The van der Waals surface area contributed by atoms with E-state index in [4.69, 9.17) is 0 Å². The summed E-state index contributed by atoms with van der Waals surface area (Å²) in [6.07, 6.45) is 5.72. The van der Waals surface area contributed by atoms with Gasteiger partial charge >= 0.3 is 0 Å². The highest BCUT2D eigenvalue weighted by molar-refractivity contribution is 5.64. The van der Waals surface area contributed by atoms with Gasteiger partial charge in [-0.15, -0.1) is 0 Å². The van der Waals surface area contributed by atoms with Gasteiger partial charge in [-0.2, -0.15) is 10.2 Å². The molecule has 2 heterocycles. The minimum atomic E-state index is 0.770. The maximum absolute atomic E-state index is 4.27. The number of aryl methyl sites for hydroxylation is 1. The highest BCUT2D eigenvalue weighted by Gasteiger charge is 2.01. The lowest BCUT2D eigenvalue weighted by Gasteiger charge is -2.06. The van der Waals surface area contributed by atoms with Crippen LogP contribution in [0.15, 0.2) is 48.9 Å². The molecule has 0 aliphatic carbocycles. The Kier molecular flexibility index (Phi) is 3.50. The molecule has 0 aliphatic rings. The summed E-state index contributed by atoms with van der Waals surface area (Å²) in [5, 5.41) is 14.6. The van der Waals surface area contributed by atoms with Gasteiger partial charge in [-0.3, -0.25) is 9.78 Å². The van der Waals surface area contributed by atoms with Crippen LogP contribution in [0.25, 0.3) is 11.3 Å². The van der Waals surface area contributed by atoms with E-state index in [0.29, 0.717) is 0 Å². The van der Waals surface area contributed by atoms with Gasteiger partial charge in [0, 0.05) is 42.3 Å². The van der Waals surface area contributed by atoms with Gasteiger partial charge in [0.2, 0.25) is 0 Å². The summed E-state index contributed by atoms with van der Waals surface area (Å²) in [7, 11) is 0. The molecular formula is C15H17N5. The van der Waals surface area contributed by atoms with E-state index < -0.39 is 0 Å². The Morgan fingerprint density at radius 1 is 1.30 bits per heavy atom. The van der Waals surface area contributed by atoms with Crippen molar-refractivity contribution >= 4 is 5.69 Å². The smallest absolute Gasteiger partial charge is 0.0650 e. The van der Waals surface area contributed by atoms with E-state index in [2.05, 4.69) is 51.9 Å². The number of hydrogen-bond donors (Lipinski definition) is 2. The number of benzene rings is 1. The molecule has 102 valence electrons. The Balaban J connectivity index is 1.70. The van der Waals surface area contributed by atoms with E-state index >= 15 is 0 Å². The minimum Gasteiger partial charge on any atom is -0.381 e. The third kappa shape index (κ3) is 2.71. The number of anilines is 1. The lowest BCUT2D eigenvalue weighted by Crippen LogP contribution is -1.98. The largest absolute Gasteiger partial charge is 0.381 e. The summed E-state index contributed by atoms with van der Waals surface area (Å²) < 4.78 is 1.93. The lowest BCUT2D eigenvalue weighted by atomic mass is 10.1. The number of hydrogen-bond acceptors (Lipinski definition) is 3. The quantitative estimate of drug-likeness (QED) is 0.747. The molecule has 20 heavy (non-hydrogen) atoms. The van der Waals surface area contributed by atoms with Crippen LogP contribution in [-0.4, -0.2) is 20.0 Å². The molecule has 3 rings (SSSR count). The molecule has 3 aromatic rings. The van der Waals surface area contributed by atoms with Gasteiger partial charge in [0.25, 0.3) is 0 Å². The SMILES string of the molecule is CCn1cc(CNc2cccc(-c3ccn[nH]3)c2)cn1. The highest BCUT2D eigenvalue weighted by Crippen LogP contribution is 2.20. The minimum absolute atomic E-state index is 0.770. The van der Waals surface area contributed by atoms with E-state index in [0.717, 1.165) is 30.0 Å². The molecule has 0 unspecified atom stereocenters. The van der Waals surface area contributed by atoms with Crippen LogP contribution in [0.4, 0.5) is 5.69 Å². The van der Waals surface area contributed by atoms with Crippen molar-refractivity contribution in [1.82, 2.24) is 20.0 Å². The molecule has 0 saturated heterocycles. The van der Waals surface area contributed by atoms with Crippen LogP contribution in [0.2, 0.25) is 0 Å². The van der Waals surface area contributed by atoms with Crippen molar-refractivity contribution in [2.24, 2.45) is 0 Å². The number of aromatic nitrogens is 4. The van der Waals surface area contributed by atoms with Crippen LogP contribution in [-0.2, 0) is 13.1 Å². The van der Waals surface area contributed by atoms with Gasteiger partial charge in [-0.1, -0.05) is 12.1 Å². The molecule has 0 saturated carbocycles. The first-order valence-corrected chi connectivity index (χ1v) is 6.70. The van der Waals surface area contributed by atoms with Gasteiger partial charge in [0.05, 0.1) is 11.9 Å². The predicted octanol–water partition coefficient (Wildman–Crippen LogP) is 2.91. The normalized spacial score (nSPS) is 10.7. The van der Waals surface area contributed by atoms with Crippen molar-refractivity contribution in [3.8, 4) is 11.3 Å². The van der Waals surface area contributed by atoms with Crippen molar-refractivity contribution in [3.63, 3.8) is 0 Å². The number of nitrogens with one attached hydrogen (secondary N) is 2. The van der Waals surface area contributed by atoms with Crippen LogP contribution in [0.1, 0.15) is 12.5 Å². The number of rotatable bonds is 5. The second kappa shape index (κ2) is 5.61. The van der Waals surface area contributed by atoms with Crippen LogP contribution < -0.4 is 5.32 Å². The Morgan fingerprint density at radius 3 is 3.00 bits per heavy atom. The first kappa shape index (κ1) is 12.5. The third-order valence-electron chi connectivity index (χ3n) is 3.18. The van der Waals surface area contributed by atoms with Crippen molar-refractivity contribution in [2.45, 2.75) is 20.0 Å². The van der Waals surface area contributed by atoms with Crippen molar-refractivity contribution in [3.05, 3.63) is 54.5 Å². The topological polar surface area (TPSA) is 58.5 Å². The van der Waals surface area contributed by atoms with Crippen molar-refractivity contribution in [2.75, 3.05) is 5.32 Å². The number of aromatic amines is 1. The fraction of sp³-hybridized carbons (Fsp3) is 0.200. The molecular weight excluding hydrogens is 250 g/mol. The maximum atomic E-state index is 4.27. The van der Waals surface area contributed by atoms with E-state index in [-0.39, 0.29) is 0 Å². The van der Waals surface area contributed by atoms with E-state index in [1.165, 1.54) is 5.56 Å². The summed E-state index contributed by atoms with van der Waals surface area (Å²) in [5.74, 6) is 0. The Bertz CT molecular complexity index is 669. The zero-order valence-corrected chi connectivity index (χ0v) is 11.4. The van der Waals surface area contributed by atoms with Crippen molar-refractivity contribution < 1.29 is 0 Å². The molecule has 0 spiro atoms. The molecule has 1 aromatic carbocycles. The van der Waals surface area contributed by atoms with Gasteiger partial charge < -0.3 is 5.32 Å². The van der Waals surface area contributed by atoms with Crippen LogP contribution in [0.5, 0.6) is 0 Å². The number of H-pyrrole nitrogens is 1. The molecule has 0 atom stereocenters. The average Bonchev–Trinajstić information content (AvgIpc) is 3.17. The van der Waals surface area contributed by atoms with E-state index in [1.54, 1.807) is 6.20 Å². The standard InChI is InChI=1S/C15H17N5/c1-2-20-11-12(10-18-20)9-16-14-5-3-4-13(8-14)15-6-7-17-19-15/h3-8,10-11,16H,2,9H2,1H3,(H,17,19). The summed E-state index contributed by atoms with van der Waals surface area (Å²) in [4.78, 5) is 0. The summed E-state index contributed by atoms with van der Waals surface area (Å²) >= 11 is 0.